The zero-order valence-corrected chi connectivity index (χ0v) is 17.1. The van der Waals surface area contributed by atoms with E-state index in [1.165, 1.54) is 0 Å². The second-order valence-corrected chi connectivity index (χ2v) is 8.24. The van der Waals surface area contributed by atoms with Crippen molar-refractivity contribution < 1.29 is 4.79 Å². The highest BCUT2D eigenvalue weighted by Crippen LogP contribution is 2.25. The number of nitrogens with one attached hydrogen (secondary N) is 1. The summed E-state index contributed by atoms with van der Waals surface area (Å²) in [6, 6.07) is 6.85. The molecular formula is C21H30N6O. The lowest BCUT2D eigenvalue weighted by Gasteiger charge is -2.36. The van der Waals surface area contributed by atoms with Gasteiger partial charge in [0.15, 0.2) is 5.69 Å². The molecular weight excluding hydrogens is 352 g/mol. The number of amides is 1. The molecule has 2 aromatic heterocycles. The fraction of sp³-hybridized carbons (Fsp3) is 0.571. The monoisotopic (exact) mass is 382 g/mol. The summed E-state index contributed by atoms with van der Waals surface area (Å²) in [7, 11) is 4.30. The molecule has 1 amide bonds. The van der Waals surface area contributed by atoms with E-state index in [0.29, 0.717) is 23.6 Å². The molecule has 1 unspecified atom stereocenters. The summed E-state index contributed by atoms with van der Waals surface area (Å²) < 4.78 is 1.99. The Balaban J connectivity index is 1.38. The number of piperidine rings is 1. The minimum atomic E-state index is -0.193. The number of carbonyl (C=O) groups excluding carboxylic acids is 1. The first-order valence-corrected chi connectivity index (χ1v) is 10.3. The lowest BCUT2D eigenvalue weighted by Crippen LogP contribution is -2.42. The highest BCUT2D eigenvalue weighted by Gasteiger charge is 2.22. The Morgan fingerprint density at radius 2 is 2.00 bits per heavy atom. The predicted octanol–water partition coefficient (Wildman–Crippen LogP) is 2.96. The summed E-state index contributed by atoms with van der Waals surface area (Å²) in [5.74, 6) is 0.372. The van der Waals surface area contributed by atoms with Crippen molar-refractivity contribution in [1.82, 2.24) is 19.7 Å². The molecule has 0 aliphatic carbocycles. The third-order valence-corrected chi connectivity index (χ3v) is 6.07. The Morgan fingerprint density at radius 1 is 1.21 bits per heavy atom. The van der Waals surface area contributed by atoms with Crippen molar-refractivity contribution in [2.24, 2.45) is 0 Å². The van der Waals surface area contributed by atoms with Crippen LogP contribution in [0.4, 0.5) is 11.5 Å². The van der Waals surface area contributed by atoms with Gasteiger partial charge in [-0.2, -0.15) is 5.10 Å². The van der Waals surface area contributed by atoms with Crippen LogP contribution in [0.25, 0.3) is 0 Å². The maximum absolute atomic E-state index is 12.6. The topological polar surface area (TPSA) is 66.3 Å². The number of fused-ring (bicyclic) bond motifs is 1. The average molecular weight is 383 g/mol. The maximum Gasteiger partial charge on any atom is 0.277 e. The average Bonchev–Trinajstić information content (AvgIpc) is 3.15. The van der Waals surface area contributed by atoms with Gasteiger partial charge in [-0.25, -0.2) is 4.98 Å². The lowest BCUT2D eigenvalue weighted by molar-refractivity contribution is 0.102. The number of pyridine rings is 1. The zero-order chi connectivity index (χ0) is 19.7. The van der Waals surface area contributed by atoms with Gasteiger partial charge in [0.05, 0.1) is 11.9 Å². The Morgan fingerprint density at radius 3 is 2.64 bits per heavy atom. The molecule has 2 aromatic rings. The molecule has 150 valence electrons. The fourth-order valence-corrected chi connectivity index (χ4v) is 4.28. The van der Waals surface area contributed by atoms with Crippen LogP contribution in [-0.2, 0) is 6.42 Å². The Labute approximate surface area is 166 Å². The SMILES string of the molecule is CC1CCCc2cc(C(=O)Nc3ccc(N4CCC(N(C)C)CC4)cn3)nn21. The van der Waals surface area contributed by atoms with Gasteiger partial charge in [0, 0.05) is 30.9 Å². The van der Waals surface area contributed by atoms with Crippen molar-refractivity contribution in [2.45, 2.75) is 51.1 Å². The molecule has 0 spiro atoms. The number of anilines is 2. The smallest absolute Gasteiger partial charge is 0.277 e. The van der Waals surface area contributed by atoms with Crippen molar-refractivity contribution in [3.05, 3.63) is 35.8 Å². The minimum absolute atomic E-state index is 0.193. The highest BCUT2D eigenvalue weighted by molar-refractivity contribution is 6.02. The minimum Gasteiger partial charge on any atom is -0.370 e. The van der Waals surface area contributed by atoms with Gasteiger partial charge >= 0.3 is 0 Å². The second-order valence-electron chi connectivity index (χ2n) is 8.24. The van der Waals surface area contributed by atoms with E-state index in [9.17, 15) is 4.79 Å². The fourth-order valence-electron chi connectivity index (χ4n) is 4.28. The number of carbonyl (C=O) groups is 1. The molecule has 1 saturated heterocycles. The van der Waals surface area contributed by atoms with Crippen molar-refractivity contribution in [2.75, 3.05) is 37.4 Å². The van der Waals surface area contributed by atoms with E-state index >= 15 is 0 Å². The normalized spacial score (nSPS) is 20.3. The number of rotatable bonds is 4. The highest BCUT2D eigenvalue weighted by atomic mass is 16.2. The second kappa shape index (κ2) is 7.91. The molecule has 1 N–H and O–H groups in total. The third kappa shape index (κ3) is 3.90. The first kappa shape index (κ1) is 18.9. The number of hydrogen-bond donors (Lipinski definition) is 1. The van der Waals surface area contributed by atoms with Crippen LogP contribution in [0.1, 0.15) is 54.8 Å². The molecule has 2 aliphatic rings. The van der Waals surface area contributed by atoms with E-state index in [1.54, 1.807) is 0 Å². The van der Waals surface area contributed by atoms with Crippen LogP contribution in [0, 0.1) is 0 Å². The molecule has 2 aliphatic heterocycles. The molecule has 4 rings (SSSR count). The molecule has 0 bridgehead atoms. The van der Waals surface area contributed by atoms with Gasteiger partial charge in [-0.3, -0.25) is 9.48 Å². The standard InChI is InChI=1S/C21H30N6O/c1-15-5-4-6-17-13-19(24-27(15)17)21(28)23-20-8-7-18(14-22-20)26-11-9-16(10-12-26)25(2)3/h7-8,13-16H,4-6,9-12H2,1-3H3,(H,22,23,28). The van der Waals surface area contributed by atoms with Gasteiger partial charge in [-0.05, 0) is 71.3 Å². The first-order chi connectivity index (χ1) is 13.5. The molecule has 7 heteroatoms. The summed E-state index contributed by atoms with van der Waals surface area (Å²) in [6.07, 6.45) is 7.44. The van der Waals surface area contributed by atoms with Crippen LogP contribution >= 0.6 is 0 Å². The molecule has 0 saturated carbocycles. The number of hydrogen-bond acceptors (Lipinski definition) is 5. The Bertz CT molecular complexity index is 820. The molecule has 4 heterocycles. The van der Waals surface area contributed by atoms with E-state index < -0.39 is 0 Å². The van der Waals surface area contributed by atoms with Crippen LogP contribution in [0.5, 0.6) is 0 Å². The van der Waals surface area contributed by atoms with Crippen LogP contribution in [0.3, 0.4) is 0 Å². The van der Waals surface area contributed by atoms with Crippen LogP contribution in [-0.4, -0.2) is 58.8 Å². The molecule has 7 nitrogen and oxygen atoms in total. The van der Waals surface area contributed by atoms with E-state index in [0.717, 1.165) is 56.6 Å². The summed E-state index contributed by atoms with van der Waals surface area (Å²) in [5.41, 5.74) is 2.73. The quantitative estimate of drug-likeness (QED) is 0.881. The van der Waals surface area contributed by atoms with Crippen LogP contribution in [0.2, 0.25) is 0 Å². The molecule has 1 atom stereocenters. The Kier molecular flexibility index (Phi) is 5.35. The van der Waals surface area contributed by atoms with Gasteiger partial charge in [0.1, 0.15) is 5.82 Å². The van der Waals surface area contributed by atoms with Crippen molar-refractivity contribution in [3.63, 3.8) is 0 Å². The molecule has 28 heavy (non-hydrogen) atoms. The molecule has 1 fully saturated rings. The van der Waals surface area contributed by atoms with E-state index in [1.807, 2.05) is 29.1 Å². The molecule has 0 radical (unpaired) electrons. The number of aromatic nitrogens is 3. The zero-order valence-electron chi connectivity index (χ0n) is 17.1. The van der Waals surface area contributed by atoms with E-state index in [-0.39, 0.29) is 5.91 Å². The number of nitrogens with zero attached hydrogens (tertiary/aromatic N) is 5. The predicted molar refractivity (Wildman–Crippen MR) is 111 cm³/mol. The largest absolute Gasteiger partial charge is 0.370 e. The summed E-state index contributed by atoms with van der Waals surface area (Å²) in [6.45, 7) is 4.22. The van der Waals surface area contributed by atoms with Gasteiger partial charge in [0.25, 0.3) is 5.91 Å². The third-order valence-electron chi connectivity index (χ3n) is 6.07. The first-order valence-electron chi connectivity index (χ1n) is 10.3. The van der Waals surface area contributed by atoms with Crippen LogP contribution < -0.4 is 10.2 Å². The lowest BCUT2D eigenvalue weighted by atomic mass is 10.0. The summed E-state index contributed by atoms with van der Waals surface area (Å²) >= 11 is 0. The van der Waals surface area contributed by atoms with Gasteiger partial charge in [0.2, 0.25) is 0 Å². The van der Waals surface area contributed by atoms with Crippen molar-refractivity contribution in [1.29, 1.82) is 0 Å². The maximum atomic E-state index is 12.6. The van der Waals surface area contributed by atoms with Gasteiger partial charge in [-0.15, -0.1) is 0 Å². The van der Waals surface area contributed by atoms with Crippen LogP contribution in [0.15, 0.2) is 24.4 Å². The summed E-state index contributed by atoms with van der Waals surface area (Å²) in [5, 5.41) is 7.39. The summed E-state index contributed by atoms with van der Waals surface area (Å²) in [4.78, 5) is 21.7. The van der Waals surface area contributed by atoms with Crippen molar-refractivity contribution in [3.8, 4) is 0 Å². The Hall–Kier alpha value is -2.41. The number of aryl methyl sites for hydroxylation is 1. The molecule has 0 aromatic carbocycles. The van der Waals surface area contributed by atoms with Gasteiger partial charge < -0.3 is 15.1 Å². The van der Waals surface area contributed by atoms with E-state index in [4.69, 9.17) is 0 Å². The van der Waals surface area contributed by atoms with Crippen molar-refractivity contribution >= 4 is 17.4 Å². The van der Waals surface area contributed by atoms with E-state index in [2.05, 4.69) is 46.2 Å². The van der Waals surface area contributed by atoms with Gasteiger partial charge in [-0.1, -0.05) is 0 Å².